The molecule has 0 aliphatic carbocycles. The second-order valence-corrected chi connectivity index (χ2v) is 3.74. The number of hydrazine groups is 1. The number of hydrogen-bond donors (Lipinski definition) is 2. The molecule has 1 amide bonds. The van der Waals surface area contributed by atoms with E-state index in [0.29, 0.717) is 11.3 Å². The first kappa shape index (κ1) is 12.7. The van der Waals surface area contributed by atoms with Crippen LogP contribution in [0.3, 0.4) is 0 Å². The summed E-state index contributed by atoms with van der Waals surface area (Å²) in [6.45, 7) is 1.70. The van der Waals surface area contributed by atoms with Crippen molar-refractivity contribution in [2.24, 2.45) is 5.84 Å². The Kier molecular flexibility index (Phi) is 3.25. The summed E-state index contributed by atoms with van der Waals surface area (Å²) < 4.78 is 6.24. The fourth-order valence-corrected chi connectivity index (χ4v) is 1.50. The lowest BCUT2D eigenvalue weighted by Crippen LogP contribution is -2.30. The summed E-state index contributed by atoms with van der Waals surface area (Å²) in [4.78, 5) is 21.2. The largest absolute Gasteiger partial charge is 0.392 e. The number of nitrogen functional groups attached to an aromatic ring is 1. The standard InChI is InChI=1S/C9H10N6O4/c1-5-3-14(12-8(5)15(17)18)4-6-2-7(13-19-6)9(16)11-10/h2-3H,4,10H2,1H3,(H,11,16). The first-order chi connectivity index (χ1) is 9.01. The maximum absolute atomic E-state index is 11.2. The van der Waals surface area contributed by atoms with Gasteiger partial charge in [0, 0.05) is 6.07 Å². The highest BCUT2D eigenvalue weighted by molar-refractivity contribution is 5.91. The van der Waals surface area contributed by atoms with E-state index in [9.17, 15) is 14.9 Å². The number of carbonyl (C=O) groups is 1. The third-order valence-corrected chi connectivity index (χ3v) is 2.33. The minimum absolute atomic E-state index is 0.0240. The molecule has 0 atom stereocenters. The van der Waals surface area contributed by atoms with E-state index in [1.165, 1.54) is 16.9 Å². The Hall–Kier alpha value is -2.75. The summed E-state index contributed by atoms with van der Waals surface area (Å²) in [7, 11) is 0. The van der Waals surface area contributed by atoms with E-state index >= 15 is 0 Å². The minimum atomic E-state index is -0.586. The van der Waals surface area contributed by atoms with Crippen LogP contribution >= 0.6 is 0 Å². The summed E-state index contributed by atoms with van der Waals surface area (Å²) in [5, 5.41) is 17.9. The van der Waals surface area contributed by atoms with Gasteiger partial charge in [0.2, 0.25) is 0 Å². The molecule has 2 aromatic heterocycles. The van der Waals surface area contributed by atoms with Gasteiger partial charge in [-0.25, -0.2) is 5.84 Å². The molecular formula is C9H10N6O4. The highest BCUT2D eigenvalue weighted by atomic mass is 16.6. The number of aromatic nitrogens is 3. The number of hydrogen-bond acceptors (Lipinski definition) is 7. The second-order valence-electron chi connectivity index (χ2n) is 3.74. The molecule has 0 aromatic carbocycles. The molecule has 0 spiro atoms. The lowest BCUT2D eigenvalue weighted by atomic mass is 10.3. The van der Waals surface area contributed by atoms with Crippen molar-refractivity contribution in [2.45, 2.75) is 13.5 Å². The predicted octanol–water partition coefficient (Wildman–Crippen LogP) is -0.260. The van der Waals surface area contributed by atoms with Crippen LogP contribution in [-0.4, -0.2) is 25.8 Å². The molecule has 2 rings (SSSR count). The molecule has 0 fully saturated rings. The van der Waals surface area contributed by atoms with E-state index in [-0.39, 0.29) is 18.1 Å². The fourth-order valence-electron chi connectivity index (χ4n) is 1.50. The van der Waals surface area contributed by atoms with E-state index in [2.05, 4.69) is 10.3 Å². The van der Waals surface area contributed by atoms with Gasteiger partial charge < -0.3 is 14.6 Å². The Morgan fingerprint density at radius 2 is 2.42 bits per heavy atom. The molecule has 100 valence electrons. The molecule has 0 saturated heterocycles. The van der Waals surface area contributed by atoms with Crippen LogP contribution in [0.15, 0.2) is 16.8 Å². The number of nitrogens with zero attached hydrogens (tertiary/aromatic N) is 4. The molecule has 0 unspecified atom stereocenters. The minimum Gasteiger partial charge on any atom is -0.359 e. The molecule has 0 bridgehead atoms. The van der Waals surface area contributed by atoms with Crippen LogP contribution in [0.2, 0.25) is 0 Å². The van der Waals surface area contributed by atoms with Gasteiger partial charge in [-0.05, 0) is 11.8 Å². The molecule has 0 saturated carbocycles. The van der Waals surface area contributed by atoms with Gasteiger partial charge in [0.15, 0.2) is 11.5 Å². The molecule has 19 heavy (non-hydrogen) atoms. The summed E-state index contributed by atoms with van der Waals surface area (Å²) in [5.74, 6) is 4.47. The number of amides is 1. The van der Waals surface area contributed by atoms with Gasteiger partial charge in [0.1, 0.15) is 6.54 Å². The summed E-state index contributed by atoms with van der Waals surface area (Å²) in [6, 6.07) is 1.38. The molecule has 0 aliphatic rings. The molecule has 2 heterocycles. The van der Waals surface area contributed by atoms with Crippen molar-refractivity contribution >= 4 is 11.7 Å². The summed E-state index contributed by atoms with van der Waals surface area (Å²) in [5.41, 5.74) is 2.37. The highest BCUT2D eigenvalue weighted by Crippen LogP contribution is 2.15. The summed E-state index contributed by atoms with van der Waals surface area (Å²) in [6.07, 6.45) is 1.50. The molecule has 10 nitrogen and oxygen atoms in total. The van der Waals surface area contributed by atoms with Gasteiger partial charge >= 0.3 is 5.82 Å². The van der Waals surface area contributed by atoms with Crippen LogP contribution in [0.25, 0.3) is 0 Å². The number of nitrogens with two attached hydrogens (primary N) is 1. The number of aryl methyl sites for hydroxylation is 1. The van der Waals surface area contributed by atoms with Crippen molar-refractivity contribution < 1.29 is 14.2 Å². The molecule has 0 radical (unpaired) electrons. The number of rotatable bonds is 4. The quantitative estimate of drug-likeness (QED) is 0.336. The van der Waals surface area contributed by atoms with Crippen molar-refractivity contribution in [3.63, 3.8) is 0 Å². The van der Waals surface area contributed by atoms with Crippen molar-refractivity contribution in [3.05, 3.63) is 39.4 Å². The third kappa shape index (κ3) is 2.57. The maximum atomic E-state index is 11.2. The topological polar surface area (TPSA) is 142 Å². The van der Waals surface area contributed by atoms with Crippen molar-refractivity contribution in [3.8, 4) is 0 Å². The smallest absolute Gasteiger partial charge is 0.359 e. The van der Waals surface area contributed by atoms with E-state index in [1.54, 1.807) is 6.92 Å². The van der Waals surface area contributed by atoms with Crippen LogP contribution in [0.4, 0.5) is 5.82 Å². The zero-order valence-electron chi connectivity index (χ0n) is 9.86. The first-order valence-corrected chi connectivity index (χ1v) is 5.16. The molecule has 3 N–H and O–H groups in total. The van der Waals surface area contributed by atoms with E-state index in [1.807, 2.05) is 5.43 Å². The molecule has 10 heteroatoms. The van der Waals surface area contributed by atoms with Crippen molar-refractivity contribution in [1.29, 1.82) is 0 Å². The Balaban J connectivity index is 2.17. The van der Waals surface area contributed by atoms with Gasteiger partial charge in [-0.2, -0.15) is 4.68 Å². The Morgan fingerprint density at radius 1 is 1.68 bits per heavy atom. The predicted molar refractivity (Wildman–Crippen MR) is 60.9 cm³/mol. The van der Waals surface area contributed by atoms with Crippen LogP contribution in [0, 0.1) is 17.0 Å². The lowest BCUT2D eigenvalue weighted by Gasteiger charge is -1.90. The first-order valence-electron chi connectivity index (χ1n) is 5.16. The van der Waals surface area contributed by atoms with Crippen LogP contribution in [-0.2, 0) is 6.54 Å². The second kappa shape index (κ2) is 4.86. The zero-order chi connectivity index (χ0) is 14.0. The van der Waals surface area contributed by atoms with Crippen LogP contribution < -0.4 is 11.3 Å². The van der Waals surface area contributed by atoms with Gasteiger partial charge in [-0.15, -0.1) is 0 Å². The van der Waals surface area contributed by atoms with Crippen molar-refractivity contribution in [2.75, 3.05) is 0 Å². The van der Waals surface area contributed by atoms with Gasteiger partial charge in [0.25, 0.3) is 5.91 Å². The SMILES string of the molecule is Cc1cn(Cc2cc(C(=O)NN)no2)nc1[N+](=O)[O-]. The zero-order valence-corrected chi connectivity index (χ0v) is 9.86. The monoisotopic (exact) mass is 266 g/mol. The van der Waals surface area contributed by atoms with E-state index < -0.39 is 10.8 Å². The van der Waals surface area contributed by atoms with Crippen LogP contribution in [0.1, 0.15) is 21.8 Å². The average Bonchev–Trinajstić information content (AvgIpc) is 2.95. The van der Waals surface area contributed by atoms with E-state index in [4.69, 9.17) is 10.4 Å². The fraction of sp³-hybridized carbons (Fsp3) is 0.222. The van der Waals surface area contributed by atoms with E-state index in [0.717, 1.165) is 0 Å². The number of carbonyl (C=O) groups excluding carboxylic acids is 1. The Labute approximate surface area is 106 Å². The van der Waals surface area contributed by atoms with Crippen molar-refractivity contribution in [1.82, 2.24) is 20.4 Å². The van der Waals surface area contributed by atoms with Gasteiger partial charge in [-0.1, -0.05) is 5.16 Å². The Bertz CT molecular complexity index is 630. The average molecular weight is 266 g/mol. The number of nitrogens with one attached hydrogen (secondary N) is 1. The number of nitro groups is 1. The third-order valence-electron chi connectivity index (χ3n) is 2.33. The molecular weight excluding hydrogens is 256 g/mol. The summed E-state index contributed by atoms with van der Waals surface area (Å²) >= 11 is 0. The van der Waals surface area contributed by atoms with Gasteiger partial charge in [0.05, 0.1) is 16.9 Å². The normalized spacial score (nSPS) is 10.4. The van der Waals surface area contributed by atoms with Crippen LogP contribution in [0.5, 0.6) is 0 Å². The maximum Gasteiger partial charge on any atom is 0.392 e. The lowest BCUT2D eigenvalue weighted by molar-refractivity contribution is -0.390. The highest BCUT2D eigenvalue weighted by Gasteiger charge is 2.19. The Morgan fingerprint density at radius 3 is 3.00 bits per heavy atom. The molecule has 2 aromatic rings. The van der Waals surface area contributed by atoms with Gasteiger partial charge in [-0.3, -0.25) is 10.2 Å². The molecule has 0 aliphatic heterocycles.